The number of hydrogen-bond acceptors (Lipinski definition) is 6. The van der Waals surface area contributed by atoms with E-state index in [0.29, 0.717) is 5.69 Å². The van der Waals surface area contributed by atoms with Gasteiger partial charge in [0.25, 0.3) is 0 Å². The molecule has 0 amide bonds. The number of nitrogens with two attached hydrogens (primary N) is 1. The van der Waals surface area contributed by atoms with Crippen LogP contribution in [0.25, 0.3) is 0 Å². The first-order valence-corrected chi connectivity index (χ1v) is 8.14. The van der Waals surface area contributed by atoms with Gasteiger partial charge < -0.3 is 0 Å². The van der Waals surface area contributed by atoms with Crippen molar-refractivity contribution < 1.29 is 18.0 Å². The van der Waals surface area contributed by atoms with Crippen LogP contribution >= 0.6 is 0 Å². The second kappa shape index (κ2) is 5.49. The summed E-state index contributed by atoms with van der Waals surface area (Å²) in [5, 5.41) is 5.12. The molecule has 0 saturated carbocycles. The van der Waals surface area contributed by atoms with E-state index in [4.69, 9.17) is 5.14 Å². The molecular weight excluding hydrogens is 318 g/mol. The molecule has 23 heavy (non-hydrogen) atoms. The molecule has 0 unspecified atom stereocenters. The smallest absolute Gasteiger partial charge is 0.238 e. The van der Waals surface area contributed by atoms with E-state index in [2.05, 4.69) is 9.98 Å². The first-order valence-electron chi connectivity index (χ1n) is 6.59. The predicted molar refractivity (Wildman–Crippen MR) is 82.4 cm³/mol. The number of benzene rings is 1. The SMILES string of the molecule is NS(=O)(=O)c1cccc2c1C(=O)CC(=Nc1cccnc1)C2=O. The van der Waals surface area contributed by atoms with Crippen molar-refractivity contribution in [2.75, 3.05) is 0 Å². The zero-order valence-corrected chi connectivity index (χ0v) is 12.6. The maximum Gasteiger partial charge on any atom is 0.238 e. The molecule has 1 aliphatic carbocycles. The fraction of sp³-hybridized carbons (Fsp3) is 0.0667. The number of nitrogens with zero attached hydrogens (tertiary/aromatic N) is 2. The summed E-state index contributed by atoms with van der Waals surface area (Å²) in [7, 11) is -4.10. The second-order valence-corrected chi connectivity index (χ2v) is 6.45. The normalized spacial score (nSPS) is 16.5. The minimum Gasteiger partial charge on any atom is -0.294 e. The number of carbonyl (C=O) groups is 2. The molecule has 2 N–H and O–H groups in total. The van der Waals surface area contributed by atoms with Crippen LogP contribution < -0.4 is 5.14 Å². The molecule has 1 aromatic carbocycles. The number of carbonyl (C=O) groups excluding carboxylic acids is 2. The van der Waals surface area contributed by atoms with Gasteiger partial charge in [-0.05, 0) is 18.2 Å². The molecule has 3 rings (SSSR count). The minimum absolute atomic E-state index is 0.00425. The molecule has 8 heteroatoms. The number of ketones is 2. The van der Waals surface area contributed by atoms with E-state index < -0.39 is 21.6 Å². The second-order valence-electron chi connectivity index (χ2n) is 4.92. The van der Waals surface area contributed by atoms with E-state index in [0.717, 1.165) is 0 Å². The molecule has 1 aromatic heterocycles. The van der Waals surface area contributed by atoms with Crippen LogP contribution in [0.3, 0.4) is 0 Å². The average molecular weight is 329 g/mol. The topological polar surface area (TPSA) is 120 Å². The maximum atomic E-state index is 12.5. The molecular formula is C15H11N3O4S. The van der Waals surface area contributed by atoms with E-state index in [-0.39, 0.29) is 28.2 Å². The van der Waals surface area contributed by atoms with Crippen LogP contribution in [0.5, 0.6) is 0 Å². The number of aromatic nitrogens is 1. The third kappa shape index (κ3) is 2.81. The number of Topliss-reactive ketones (excluding diaryl/α,β-unsaturated/α-hetero) is 2. The summed E-state index contributed by atoms with van der Waals surface area (Å²) in [6.07, 6.45) is 2.74. The predicted octanol–water partition coefficient (Wildman–Crippen LogP) is 1.27. The van der Waals surface area contributed by atoms with Crippen LogP contribution in [0.15, 0.2) is 52.6 Å². The van der Waals surface area contributed by atoms with Gasteiger partial charge in [0.2, 0.25) is 15.8 Å². The minimum atomic E-state index is -4.10. The summed E-state index contributed by atoms with van der Waals surface area (Å²) in [6, 6.07) is 7.27. The van der Waals surface area contributed by atoms with Gasteiger partial charge in [0, 0.05) is 17.3 Å². The van der Waals surface area contributed by atoms with Crippen molar-refractivity contribution in [3.63, 3.8) is 0 Å². The molecule has 0 spiro atoms. The first kappa shape index (κ1) is 15.2. The van der Waals surface area contributed by atoms with Gasteiger partial charge in [0.05, 0.1) is 28.9 Å². The molecule has 0 bridgehead atoms. The Balaban J connectivity index is 2.15. The van der Waals surface area contributed by atoms with Crippen molar-refractivity contribution >= 4 is 33.0 Å². The number of fused-ring (bicyclic) bond motifs is 1. The number of sulfonamides is 1. The highest BCUT2D eigenvalue weighted by molar-refractivity contribution is 7.89. The Morgan fingerprint density at radius 2 is 1.91 bits per heavy atom. The molecule has 116 valence electrons. The molecule has 0 fully saturated rings. The lowest BCUT2D eigenvalue weighted by atomic mass is 9.88. The zero-order valence-electron chi connectivity index (χ0n) is 11.8. The van der Waals surface area contributed by atoms with E-state index in [1.807, 2.05) is 0 Å². The average Bonchev–Trinajstić information content (AvgIpc) is 2.52. The zero-order chi connectivity index (χ0) is 16.6. The summed E-state index contributed by atoms with van der Waals surface area (Å²) in [6.45, 7) is 0. The van der Waals surface area contributed by atoms with Crippen LogP contribution in [0.1, 0.15) is 27.1 Å². The summed E-state index contributed by atoms with van der Waals surface area (Å²) < 4.78 is 23.2. The van der Waals surface area contributed by atoms with E-state index in [9.17, 15) is 18.0 Å². The van der Waals surface area contributed by atoms with Gasteiger partial charge in [-0.1, -0.05) is 12.1 Å². The Kier molecular flexibility index (Phi) is 3.63. The van der Waals surface area contributed by atoms with Gasteiger partial charge in [-0.3, -0.25) is 14.6 Å². The van der Waals surface area contributed by atoms with Crippen molar-refractivity contribution in [1.82, 2.24) is 4.98 Å². The van der Waals surface area contributed by atoms with Crippen molar-refractivity contribution in [2.45, 2.75) is 11.3 Å². The Morgan fingerprint density at radius 1 is 1.13 bits per heavy atom. The number of hydrogen-bond donors (Lipinski definition) is 1. The van der Waals surface area contributed by atoms with Crippen molar-refractivity contribution in [3.8, 4) is 0 Å². The Morgan fingerprint density at radius 3 is 2.57 bits per heavy atom. The fourth-order valence-corrected chi connectivity index (χ4v) is 3.16. The molecule has 1 aliphatic rings. The molecule has 0 saturated heterocycles. The van der Waals surface area contributed by atoms with Crippen LogP contribution in [-0.2, 0) is 10.0 Å². The summed E-state index contributed by atoms with van der Waals surface area (Å²) in [4.78, 5) is 32.5. The standard InChI is InChI=1S/C15H11N3O4S/c16-23(21,22)13-5-1-4-10-14(13)12(19)7-11(15(10)20)18-9-3-2-6-17-8-9/h1-6,8H,7H2,(H2,16,21,22). The third-order valence-electron chi connectivity index (χ3n) is 3.36. The molecule has 2 aromatic rings. The monoisotopic (exact) mass is 329 g/mol. The highest BCUT2D eigenvalue weighted by Crippen LogP contribution is 2.27. The number of rotatable bonds is 2. The van der Waals surface area contributed by atoms with Crippen molar-refractivity contribution in [2.24, 2.45) is 10.1 Å². The highest BCUT2D eigenvalue weighted by atomic mass is 32.2. The van der Waals surface area contributed by atoms with E-state index in [1.165, 1.54) is 24.4 Å². The lowest BCUT2D eigenvalue weighted by Crippen LogP contribution is -2.30. The highest BCUT2D eigenvalue weighted by Gasteiger charge is 2.33. The molecule has 0 atom stereocenters. The quantitative estimate of drug-likeness (QED) is 0.889. The van der Waals surface area contributed by atoms with Gasteiger partial charge in [-0.2, -0.15) is 0 Å². The van der Waals surface area contributed by atoms with Gasteiger partial charge in [0.1, 0.15) is 0 Å². The Bertz CT molecular complexity index is 950. The lowest BCUT2D eigenvalue weighted by Gasteiger charge is -2.17. The summed E-state index contributed by atoms with van der Waals surface area (Å²) in [5.74, 6) is -0.999. The van der Waals surface area contributed by atoms with Gasteiger partial charge in [0.15, 0.2) is 5.78 Å². The number of primary sulfonamides is 1. The van der Waals surface area contributed by atoms with Gasteiger partial charge in [-0.25, -0.2) is 18.5 Å². The van der Waals surface area contributed by atoms with E-state index in [1.54, 1.807) is 18.3 Å². The molecule has 1 heterocycles. The molecule has 0 radical (unpaired) electrons. The van der Waals surface area contributed by atoms with Crippen LogP contribution in [0.2, 0.25) is 0 Å². The summed E-state index contributed by atoms with van der Waals surface area (Å²) in [5.41, 5.74) is 0.317. The van der Waals surface area contributed by atoms with Crippen LogP contribution in [-0.4, -0.2) is 30.7 Å². The fourth-order valence-electron chi connectivity index (χ4n) is 2.39. The number of pyridine rings is 1. The summed E-state index contributed by atoms with van der Waals surface area (Å²) >= 11 is 0. The first-order chi connectivity index (χ1) is 10.9. The Labute approximate surface area is 131 Å². The van der Waals surface area contributed by atoms with Crippen LogP contribution in [0, 0.1) is 0 Å². The van der Waals surface area contributed by atoms with Crippen molar-refractivity contribution in [1.29, 1.82) is 0 Å². The van der Waals surface area contributed by atoms with E-state index >= 15 is 0 Å². The van der Waals surface area contributed by atoms with Crippen LogP contribution in [0.4, 0.5) is 5.69 Å². The maximum absolute atomic E-state index is 12.5. The van der Waals surface area contributed by atoms with Gasteiger partial charge in [-0.15, -0.1) is 0 Å². The van der Waals surface area contributed by atoms with Crippen molar-refractivity contribution in [3.05, 3.63) is 53.9 Å². The lowest BCUT2D eigenvalue weighted by molar-refractivity contribution is 0.0962. The van der Waals surface area contributed by atoms with Gasteiger partial charge >= 0.3 is 0 Å². The Hall–Kier alpha value is -2.71. The number of aliphatic imine (C=N–C) groups is 1. The third-order valence-corrected chi connectivity index (χ3v) is 4.31. The molecule has 7 nitrogen and oxygen atoms in total. The molecule has 0 aliphatic heterocycles. The largest absolute Gasteiger partial charge is 0.294 e.